The van der Waals surface area contributed by atoms with Gasteiger partial charge in [-0.05, 0) is 67.4 Å². The second kappa shape index (κ2) is 6.40. The quantitative estimate of drug-likeness (QED) is 0.917. The van der Waals surface area contributed by atoms with Gasteiger partial charge in [0, 0.05) is 13.1 Å². The van der Waals surface area contributed by atoms with E-state index >= 15 is 0 Å². The maximum absolute atomic E-state index is 4.52. The van der Waals surface area contributed by atoms with E-state index in [9.17, 15) is 0 Å². The first-order chi connectivity index (χ1) is 9.06. The molecule has 3 nitrogen and oxygen atoms in total. The first-order valence-corrected chi connectivity index (χ1v) is 8.21. The van der Waals surface area contributed by atoms with E-state index in [1.54, 1.807) is 0 Å². The van der Waals surface area contributed by atoms with E-state index in [0.29, 0.717) is 6.04 Å². The zero-order chi connectivity index (χ0) is 14.0. The molecule has 1 fully saturated rings. The van der Waals surface area contributed by atoms with Crippen LogP contribution >= 0.6 is 15.9 Å². The Bertz CT molecular complexity index is 427. The van der Waals surface area contributed by atoms with Crippen molar-refractivity contribution in [3.63, 3.8) is 0 Å². The molecule has 0 bridgehead atoms. The fourth-order valence-electron chi connectivity index (χ4n) is 3.49. The van der Waals surface area contributed by atoms with Crippen LogP contribution in [0.4, 0.5) is 0 Å². The summed E-state index contributed by atoms with van der Waals surface area (Å²) in [5.41, 5.74) is 2.45. The number of rotatable bonds is 4. The summed E-state index contributed by atoms with van der Waals surface area (Å²) in [6.07, 6.45) is 6.48. The molecule has 0 aromatic carbocycles. The van der Waals surface area contributed by atoms with E-state index in [-0.39, 0.29) is 0 Å². The van der Waals surface area contributed by atoms with Gasteiger partial charge in [-0.3, -0.25) is 4.68 Å². The molecule has 108 valence electrons. The van der Waals surface area contributed by atoms with Crippen molar-refractivity contribution in [2.75, 3.05) is 7.05 Å². The minimum atomic E-state index is 0.657. The lowest BCUT2D eigenvalue weighted by molar-refractivity contribution is 0.203. The van der Waals surface area contributed by atoms with Gasteiger partial charge in [-0.1, -0.05) is 13.3 Å². The SMILES string of the molecule is CCC1CCC(NC)C(Cc2c(Br)c(C)nn2C)C1. The largest absolute Gasteiger partial charge is 0.317 e. The van der Waals surface area contributed by atoms with Gasteiger partial charge in [0.2, 0.25) is 0 Å². The molecule has 0 spiro atoms. The molecule has 1 aromatic heterocycles. The molecule has 1 aliphatic rings. The topological polar surface area (TPSA) is 29.9 Å². The fraction of sp³-hybridized carbons (Fsp3) is 0.800. The monoisotopic (exact) mass is 327 g/mol. The third-order valence-electron chi connectivity index (χ3n) is 4.76. The van der Waals surface area contributed by atoms with Crippen LogP contribution in [-0.2, 0) is 13.5 Å². The Labute approximate surface area is 125 Å². The Morgan fingerprint density at radius 3 is 2.68 bits per heavy atom. The number of aryl methyl sites for hydroxylation is 2. The van der Waals surface area contributed by atoms with Gasteiger partial charge in [0.25, 0.3) is 0 Å². The molecule has 1 saturated carbocycles. The Hall–Kier alpha value is -0.350. The van der Waals surface area contributed by atoms with Crippen molar-refractivity contribution in [2.45, 2.75) is 52.0 Å². The third-order valence-corrected chi connectivity index (χ3v) is 5.79. The van der Waals surface area contributed by atoms with Crippen molar-refractivity contribution in [1.29, 1.82) is 0 Å². The van der Waals surface area contributed by atoms with Gasteiger partial charge in [0.1, 0.15) is 0 Å². The molecule has 4 heteroatoms. The molecule has 19 heavy (non-hydrogen) atoms. The van der Waals surface area contributed by atoms with E-state index in [2.05, 4.69) is 54.3 Å². The molecule has 0 saturated heterocycles. The second-order valence-electron chi connectivity index (χ2n) is 5.92. The maximum atomic E-state index is 4.52. The molecular formula is C15H26BrN3. The average Bonchev–Trinajstić information content (AvgIpc) is 2.65. The molecule has 1 aromatic rings. The fourth-order valence-corrected chi connectivity index (χ4v) is 3.99. The first-order valence-electron chi connectivity index (χ1n) is 7.42. The first kappa shape index (κ1) is 15.0. The van der Waals surface area contributed by atoms with Gasteiger partial charge < -0.3 is 5.32 Å². The van der Waals surface area contributed by atoms with Crippen LogP contribution in [0.2, 0.25) is 0 Å². The Balaban J connectivity index is 2.14. The summed E-state index contributed by atoms with van der Waals surface area (Å²) < 4.78 is 3.24. The highest BCUT2D eigenvalue weighted by Crippen LogP contribution is 2.35. The van der Waals surface area contributed by atoms with Crippen LogP contribution in [0.15, 0.2) is 4.47 Å². The molecule has 1 heterocycles. The lowest BCUT2D eigenvalue weighted by Gasteiger charge is -2.36. The van der Waals surface area contributed by atoms with Crippen molar-refractivity contribution in [2.24, 2.45) is 18.9 Å². The Morgan fingerprint density at radius 1 is 1.42 bits per heavy atom. The zero-order valence-corrected chi connectivity index (χ0v) is 14.1. The molecule has 0 aliphatic heterocycles. The van der Waals surface area contributed by atoms with Crippen molar-refractivity contribution in [1.82, 2.24) is 15.1 Å². The third kappa shape index (κ3) is 3.22. The zero-order valence-electron chi connectivity index (χ0n) is 12.5. The Kier molecular flexibility index (Phi) is 5.07. The van der Waals surface area contributed by atoms with Crippen LogP contribution < -0.4 is 5.32 Å². The van der Waals surface area contributed by atoms with E-state index in [1.807, 2.05) is 4.68 Å². The number of hydrogen-bond acceptors (Lipinski definition) is 2. The van der Waals surface area contributed by atoms with Crippen LogP contribution in [0.1, 0.15) is 44.0 Å². The minimum absolute atomic E-state index is 0.657. The number of nitrogens with zero attached hydrogens (tertiary/aromatic N) is 2. The molecule has 0 radical (unpaired) electrons. The van der Waals surface area contributed by atoms with Crippen LogP contribution in [0.25, 0.3) is 0 Å². The lowest BCUT2D eigenvalue weighted by atomic mass is 9.75. The summed E-state index contributed by atoms with van der Waals surface area (Å²) in [5.74, 6) is 1.64. The molecule has 0 amide bonds. The van der Waals surface area contributed by atoms with E-state index in [0.717, 1.165) is 24.0 Å². The number of aromatic nitrogens is 2. The molecule has 1 N–H and O–H groups in total. The smallest absolute Gasteiger partial charge is 0.0738 e. The van der Waals surface area contributed by atoms with Crippen molar-refractivity contribution in [3.8, 4) is 0 Å². The highest BCUT2D eigenvalue weighted by Gasteiger charge is 2.30. The summed E-state index contributed by atoms with van der Waals surface area (Å²) in [6, 6.07) is 0.657. The predicted octanol–water partition coefficient (Wildman–Crippen LogP) is 3.45. The lowest BCUT2D eigenvalue weighted by Crippen LogP contribution is -2.40. The van der Waals surface area contributed by atoms with Gasteiger partial charge in [0.15, 0.2) is 0 Å². The number of halogens is 1. The summed E-state index contributed by atoms with van der Waals surface area (Å²) in [7, 11) is 4.16. The normalized spacial score (nSPS) is 27.7. The highest BCUT2D eigenvalue weighted by molar-refractivity contribution is 9.10. The van der Waals surface area contributed by atoms with Gasteiger partial charge in [-0.2, -0.15) is 5.10 Å². The predicted molar refractivity (Wildman–Crippen MR) is 83.3 cm³/mol. The van der Waals surface area contributed by atoms with E-state index in [1.165, 1.54) is 35.8 Å². The van der Waals surface area contributed by atoms with Crippen LogP contribution in [0, 0.1) is 18.8 Å². The number of hydrogen-bond donors (Lipinski definition) is 1. The molecule has 3 unspecified atom stereocenters. The molecule has 2 rings (SSSR count). The van der Waals surface area contributed by atoms with Gasteiger partial charge >= 0.3 is 0 Å². The molecule has 3 atom stereocenters. The Morgan fingerprint density at radius 2 is 2.16 bits per heavy atom. The molecule has 1 aliphatic carbocycles. The van der Waals surface area contributed by atoms with Gasteiger partial charge in [-0.25, -0.2) is 0 Å². The standard InChI is InChI=1S/C15H26BrN3/c1-5-11-6-7-13(17-3)12(8-11)9-14-15(16)10(2)18-19(14)4/h11-13,17H,5-9H2,1-4H3. The van der Waals surface area contributed by atoms with Gasteiger partial charge in [-0.15, -0.1) is 0 Å². The van der Waals surface area contributed by atoms with E-state index in [4.69, 9.17) is 0 Å². The number of nitrogens with one attached hydrogen (secondary N) is 1. The van der Waals surface area contributed by atoms with Crippen molar-refractivity contribution in [3.05, 3.63) is 15.9 Å². The van der Waals surface area contributed by atoms with E-state index < -0.39 is 0 Å². The van der Waals surface area contributed by atoms with Crippen LogP contribution in [0.5, 0.6) is 0 Å². The maximum Gasteiger partial charge on any atom is 0.0738 e. The van der Waals surface area contributed by atoms with Crippen molar-refractivity contribution >= 4 is 15.9 Å². The average molecular weight is 328 g/mol. The molecular weight excluding hydrogens is 302 g/mol. The van der Waals surface area contributed by atoms with Crippen molar-refractivity contribution < 1.29 is 0 Å². The van der Waals surface area contributed by atoms with Gasteiger partial charge in [0.05, 0.1) is 15.9 Å². The van der Waals surface area contributed by atoms with Crippen LogP contribution in [0.3, 0.4) is 0 Å². The summed E-state index contributed by atoms with van der Waals surface area (Å²) in [4.78, 5) is 0. The summed E-state index contributed by atoms with van der Waals surface area (Å²) in [5, 5.41) is 8.04. The van der Waals surface area contributed by atoms with Crippen LogP contribution in [-0.4, -0.2) is 22.9 Å². The second-order valence-corrected chi connectivity index (χ2v) is 6.71. The minimum Gasteiger partial charge on any atom is -0.317 e. The summed E-state index contributed by atoms with van der Waals surface area (Å²) in [6.45, 7) is 4.39. The highest BCUT2D eigenvalue weighted by atomic mass is 79.9. The summed E-state index contributed by atoms with van der Waals surface area (Å²) >= 11 is 3.70.